The van der Waals surface area contributed by atoms with Gasteiger partial charge in [-0.05, 0) is 42.2 Å². The van der Waals surface area contributed by atoms with Gasteiger partial charge in [0, 0.05) is 31.1 Å². The van der Waals surface area contributed by atoms with Crippen molar-refractivity contribution in [3.05, 3.63) is 21.4 Å². The summed E-state index contributed by atoms with van der Waals surface area (Å²) in [6.45, 7) is 2.68. The van der Waals surface area contributed by atoms with E-state index in [2.05, 4.69) is 10.7 Å². The summed E-state index contributed by atoms with van der Waals surface area (Å²) < 4.78 is 5.04. The Balaban J connectivity index is 1.34. The van der Waals surface area contributed by atoms with Gasteiger partial charge in [-0.2, -0.15) is 0 Å². The Morgan fingerprint density at radius 3 is 3.13 bits per heavy atom. The molecule has 23 heavy (non-hydrogen) atoms. The van der Waals surface area contributed by atoms with E-state index < -0.39 is 0 Å². The molecule has 3 heterocycles. The number of hydrogen-bond donors (Lipinski definition) is 1. The molecule has 0 spiro atoms. The number of hydrogen-bond acceptors (Lipinski definition) is 4. The minimum absolute atomic E-state index is 0.0101. The first kappa shape index (κ1) is 14.8. The second-order valence-corrected chi connectivity index (χ2v) is 7.36. The highest BCUT2D eigenvalue weighted by Gasteiger charge is 2.38. The van der Waals surface area contributed by atoms with Gasteiger partial charge in [0.1, 0.15) is 6.61 Å². The summed E-state index contributed by atoms with van der Waals surface area (Å²) in [6.07, 6.45) is 4.62. The van der Waals surface area contributed by atoms with E-state index in [4.69, 9.17) is 4.74 Å². The molecule has 124 valence electrons. The number of urea groups is 1. The standard InChI is InChI=1S/C16H21N3O3S/c20-15(18-5-6-19-12(8-18)9-22-16(19)21)17-7-11-10-23-14-4-2-1-3-13(11)14/h10,12H,1-9H2,(H,17,20)/t12-/m0/s1. The highest BCUT2D eigenvalue weighted by Crippen LogP contribution is 2.30. The lowest BCUT2D eigenvalue weighted by atomic mass is 9.96. The lowest BCUT2D eigenvalue weighted by Gasteiger charge is -2.35. The Labute approximate surface area is 139 Å². The van der Waals surface area contributed by atoms with Gasteiger partial charge in [0.05, 0.1) is 6.04 Å². The van der Waals surface area contributed by atoms with E-state index in [9.17, 15) is 9.59 Å². The number of piperazine rings is 1. The molecule has 0 saturated carbocycles. The zero-order valence-electron chi connectivity index (χ0n) is 13.0. The van der Waals surface area contributed by atoms with Crippen LogP contribution in [0.25, 0.3) is 0 Å². The van der Waals surface area contributed by atoms with E-state index in [0.29, 0.717) is 32.8 Å². The fourth-order valence-electron chi connectivity index (χ4n) is 3.66. The molecule has 3 aliphatic rings. The molecule has 7 heteroatoms. The van der Waals surface area contributed by atoms with Gasteiger partial charge in [-0.15, -0.1) is 11.3 Å². The van der Waals surface area contributed by atoms with E-state index in [1.807, 2.05) is 11.3 Å². The molecule has 1 atom stereocenters. The number of aryl methyl sites for hydroxylation is 1. The van der Waals surface area contributed by atoms with Crippen LogP contribution in [0.3, 0.4) is 0 Å². The molecule has 1 N–H and O–H groups in total. The molecular formula is C16H21N3O3S. The van der Waals surface area contributed by atoms with Crippen molar-refractivity contribution in [3.8, 4) is 0 Å². The van der Waals surface area contributed by atoms with Crippen molar-refractivity contribution in [2.45, 2.75) is 38.3 Å². The summed E-state index contributed by atoms with van der Waals surface area (Å²) in [5.74, 6) is 0. The van der Waals surface area contributed by atoms with Crippen LogP contribution in [0.4, 0.5) is 9.59 Å². The Bertz CT molecular complexity index is 630. The molecule has 2 saturated heterocycles. The van der Waals surface area contributed by atoms with Gasteiger partial charge >= 0.3 is 12.1 Å². The van der Waals surface area contributed by atoms with Gasteiger partial charge in [0.15, 0.2) is 0 Å². The van der Waals surface area contributed by atoms with Crippen molar-refractivity contribution in [2.75, 3.05) is 26.2 Å². The van der Waals surface area contributed by atoms with Gasteiger partial charge in [-0.3, -0.25) is 4.90 Å². The van der Waals surface area contributed by atoms with E-state index in [0.717, 1.165) is 6.42 Å². The zero-order chi connectivity index (χ0) is 15.8. The molecule has 1 aromatic rings. The van der Waals surface area contributed by atoms with Crippen LogP contribution in [0, 0.1) is 0 Å². The van der Waals surface area contributed by atoms with Crippen molar-refractivity contribution in [1.29, 1.82) is 0 Å². The first-order valence-corrected chi connectivity index (χ1v) is 9.14. The number of nitrogens with one attached hydrogen (secondary N) is 1. The smallest absolute Gasteiger partial charge is 0.410 e. The molecule has 6 nitrogen and oxygen atoms in total. The van der Waals surface area contributed by atoms with Crippen LogP contribution >= 0.6 is 11.3 Å². The largest absolute Gasteiger partial charge is 0.447 e. The topological polar surface area (TPSA) is 61.9 Å². The number of cyclic esters (lactones) is 1. The van der Waals surface area contributed by atoms with Crippen LogP contribution in [-0.4, -0.2) is 54.2 Å². The lowest BCUT2D eigenvalue weighted by Crippen LogP contribution is -2.55. The fourth-order valence-corrected chi connectivity index (χ4v) is 4.81. The minimum Gasteiger partial charge on any atom is -0.447 e. The van der Waals surface area contributed by atoms with Crippen LogP contribution in [0.15, 0.2) is 5.38 Å². The van der Waals surface area contributed by atoms with E-state index >= 15 is 0 Å². The van der Waals surface area contributed by atoms with Crippen LogP contribution in [0.2, 0.25) is 0 Å². The first-order valence-electron chi connectivity index (χ1n) is 8.26. The highest BCUT2D eigenvalue weighted by molar-refractivity contribution is 7.10. The van der Waals surface area contributed by atoms with E-state index in [-0.39, 0.29) is 18.2 Å². The van der Waals surface area contributed by atoms with Crippen molar-refractivity contribution in [2.24, 2.45) is 0 Å². The molecule has 0 radical (unpaired) electrons. The maximum absolute atomic E-state index is 12.4. The summed E-state index contributed by atoms with van der Waals surface area (Å²) in [5.41, 5.74) is 2.73. The van der Waals surface area contributed by atoms with E-state index in [1.165, 1.54) is 35.3 Å². The Kier molecular flexibility index (Phi) is 3.88. The molecular weight excluding hydrogens is 314 g/mol. The van der Waals surface area contributed by atoms with Gasteiger partial charge in [-0.25, -0.2) is 9.59 Å². The molecule has 0 aromatic carbocycles. The summed E-state index contributed by atoms with van der Waals surface area (Å²) in [7, 11) is 0. The first-order chi connectivity index (χ1) is 11.2. The second kappa shape index (κ2) is 6.03. The van der Waals surface area contributed by atoms with Gasteiger partial charge in [0.25, 0.3) is 0 Å². The SMILES string of the molecule is O=C(NCc1csc2c1CCCC2)N1CCN2C(=O)OC[C@@H]2C1. The summed E-state index contributed by atoms with van der Waals surface area (Å²) in [4.78, 5) is 28.9. The van der Waals surface area contributed by atoms with Crippen molar-refractivity contribution < 1.29 is 14.3 Å². The number of amides is 3. The fraction of sp³-hybridized carbons (Fsp3) is 0.625. The summed E-state index contributed by atoms with van der Waals surface area (Å²) in [5, 5.41) is 5.24. The number of rotatable bonds is 2. The van der Waals surface area contributed by atoms with Gasteiger partial charge in [-0.1, -0.05) is 0 Å². The molecule has 4 rings (SSSR count). The lowest BCUT2D eigenvalue weighted by molar-refractivity contribution is 0.127. The second-order valence-electron chi connectivity index (χ2n) is 6.40. The molecule has 1 aromatic heterocycles. The molecule has 3 amide bonds. The quantitative estimate of drug-likeness (QED) is 0.899. The maximum Gasteiger partial charge on any atom is 0.410 e. The number of thiophene rings is 1. The third kappa shape index (κ3) is 2.78. The number of carbonyl (C=O) groups excluding carboxylic acids is 2. The molecule has 0 unspecified atom stereocenters. The average Bonchev–Trinajstić information content (AvgIpc) is 3.16. The predicted octanol–water partition coefficient (Wildman–Crippen LogP) is 1.97. The minimum atomic E-state index is -0.250. The molecule has 0 bridgehead atoms. The molecule has 2 aliphatic heterocycles. The van der Waals surface area contributed by atoms with Crippen LogP contribution in [0.5, 0.6) is 0 Å². The summed E-state index contributed by atoms with van der Waals surface area (Å²) in [6, 6.07) is -0.0318. The van der Waals surface area contributed by atoms with Crippen molar-refractivity contribution in [1.82, 2.24) is 15.1 Å². The third-order valence-corrected chi connectivity index (χ3v) is 6.12. The normalized spacial score (nSPS) is 23.3. The van der Waals surface area contributed by atoms with Crippen molar-refractivity contribution >= 4 is 23.5 Å². The number of carbonyl (C=O) groups is 2. The number of fused-ring (bicyclic) bond motifs is 2. The Hall–Kier alpha value is -1.76. The average molecular weight is 335 g/mol. The maximum atomic E-state index is 12.4. The molecule has 1 aliphatic carbocycles. The number of nitrogens with zero attached hydrogens (tertiary/aromatic N) is 2. The highest BCUT2D eigenvalue weighted by atomic mass is 32.1. The van der Waals surface area contributed by atoms with Crippen LogP contribution in [0.1, 0.15) is 28.8 Å². The predicted molar refractivity (Wildman–Crippen MR) is 86.6 cm³/mol. The van der Waals surface area contributed by atoms with E-state index in [1.54, 1.807) is 9.80 Å². The Morgan fingerprint density at radius 2 is 2.22 bits per heavy atom. The molecule has 2 fully saturated rings. The van der Waals surface area contributed by atoms with Crippen LogP contribution < -0.4 is 5.32 Å². The number of ether oxygens (including phenoxy) is 1. The third-order valence-electron chi connectivity index (χ3n) is 4.98. The Morgan fingerprint density at radius 1 is 1.35 bits per heavy atom. The zero-order valence-corrected chi connectivity index (χ0v) is 13.9. The van der Waals surface area contributed by atoms with Gasteiger partial charge in [0.2, 0.25) is 0 Å². The monoisotopic (exact) mass is 335 g/mol. The van der Waals surface area contributed by atoms with Crippen molar-refractivity contribution in [3.63, 3.8) is 0 Å². The van der Waals surface area contributed by atoms with Gasteiger partial charge < -0.3 is 15.0 Å². The van der Waals surface area contributed by atoms with Crippen LogP contribution in [-0.2, 0) is 24.1 Å². The summed E-state index contributed by atoms with van der Waals surface area (Å²) >= 11 is 1.83.